The second kappa shape index (κ2) is 10.2. The number of hydrogen-bond acceptors (Lipinski definition) is 3. The minimum atomic E-state index is -0.0752. The van der Waals surface area contributed by atoms with Gasteiger partial charge in [-0.05, 0) is 79.1 Å². The van der Waals surface area contributed by atoms with Crippen LogP contribution >= 0.6 is 0 Å². The fourth-order valence-electron chi connectivity index (χ4n) is 5.73. The molecule has 0 saturated carbocycles. The van der Waals surface area contributed by atoms with Crippen LogP contribution in [0.2, 0.25) is 0 Å². The standard InChI is InChI=1S/C30H35N3O3/c1-3-36-25-13-11-24(12-14-25)28(34)32-18-15-30(16-19-32)17-20-33(21-30)29(35)31-22(2)26-10-6-8-23-7-4-5-9-27(23)26/h4-14,22H,3,15-21H2,1-2H3,(H,31,35). The molecule has 3 aromatic rings. The Morgan fingerprint density at radius 3 is 2.31 bits per heavy atom. The number of likely N-dealkylation sites (tertiary alicyclic amines) is 2. The molecule has 2 fully saturated rings. The van der Waals surface area contributed by atoms with Gasteiger partial charge in [0.25, 0.3) is 5.91 Å². The molecule has 2 heterocycles. The van der Waals surface area contributed by atoms with Crippen LogP contribution in [-0.4, -0.2) is 54.5 Å². The number of benzene rings is 3. The summed E-state index contributed by atoms with van der Waals surface area (Å²) in [6.07, 6.45) is 2.85. The van der Waals surface area contributed by atoms with Crippen LogP contribution < -0.4 is 10.1 Å². The summed E-state index contributed by atoms with van der Waals surface area (Å²) in [5.74, 6) is 0.857. The molecule has 2 saturated heterocycles. The van der Waals surface area contributed by atoms with Crippen molar-refractivity contribution in [2.24, 2.45) is 5.41 Å². The molecule has 0 aromatic heterocycles. The van der Waals surface area contributed by atoms with Crippen molar-refractivity contribution in [1.29, 1.82) is 0 Å². The Bertz CT molecular complexity index is 1230. The third-order valence-electron chi connectivity index (χ3n) is 7.88. The van der Waals surface area contributed by atoms with Crippen LogP contribution in [0.3, 0.4) is 0 Å². The van der Waals surface area contributed by atoms with Gasteiger partial charge in [0.05, 0.1) is 12.6 Å². The first kappa shape index (κ1) is 24.2. The van der Waals surface area contributed by atoms with Crippen LogP contribution in [0.15, 0.2) is 66.7 Å². The van der Waals surface area contributed by atoms with E-state index in [4.69, 9.17) is 4.74 Å². The van der Waals surface area contributed by atoms with Crippen molar-refractivity contribution in [2.45, 2.75) is 39.2 Å². The third kappa shape index (κ3) is 4.90. The van der Waals surface area contributed by atoms with Crippen LogP contribution in [0, 0.1) is 5.41 Å². The molecule has 6 nitrogen and oxygen atoms in total. The van der Waals surface area contributed by atoms with E-state index in [-0.39, 0.29) is 23.4 Å². The number of ether oxygens (including phenoxy) is 1. The molecule has 3 amide bonds. The summed E-state index contributed by atoms with van der Waals surface area (Å²) >= 11 is 0. The molecular formula is C30H35N3O3. The topological polar surface area (TPSA) is 61.9 Å². The highest BCUT2D eigenvalue weighted by Gasteiger charge is 2.43. The molecule has 1 unspecified atom stereocenters. The maximum atomic E-state index is 13.2. The average molecular weight is 486 g/mol. The van der Waals surface area contributed by atoms with Gasteiger partial charge in [-0.1, -0.05) is 42.5 Å². The van der Waals surface area contributed by atoms with E-state index >= 15 is 0 Å². The number of carbonyl (C=O) groups is 2. The Morgan fingerprint density at radius 1 is 0.917 bits per heavy atom. The summed E-state index contributed by atoms with van der Waals surface area (Å²) < 4.78 is 5.48. The second-order valence-corrected chi connectivity index (χ2v) is 10.2. The lowest BCUT2D eigenvalue weighted by Gasteiger charge is -2.39. The molecule has 1 atom stereocenters. The van der Waals surface area contributed by atoms with Crippen molar-refractivity contribution >= 4 is 22.7 Å². The minimum Gasteiger partial charge on any atom is -0.494 e. The maximum Gasteiger partial charge on any atom is 0.317 e. The third-order valence-corrected chi connectivity index (χ3v) is 7.88. The fraction of sp³-hybridized carbons (Fsp3) is 0.400. The lowest BCUT2D eigenvalue weighted by atomic mass is 9.77. The number of rotatable bonds is 5. The lowest BCUT2D eigenvalue weighted by Crippen LogP contribution is -2.46. The normalized spacial score (nSPS) is 17.8. The highest BCUT2D eigenvalue weighted by Crippen LogP contribution is 2.41. The summed E-state index contributed by atoms with van der Waals surface area (Å²) in [6.45, 7) is 7.59. The predicted molar refractivity (Wildman–Crippen MR) is 142 cm³/mol. The van der Waals surface area contributed by atoms with Gasteiger partial charge in [-0.3, -0.25) is 4.79 Å². The first-order valence-electron chi connectivity index (χ1n) is 13.0. The van der Waals surface area contributed by atoms with Gasteiger partial charge in [0.1, 0.15) is 5.75 Å². The van der Waals surface area contributed by atoms with Gasteiger partial charge in [0.2, 0.25) is 0 Å². The number of amides is 3. The van der Waals surface area contributed by atoms with Crippen molar-refractivity contribution in [1.82, 2.24) is 15.1 Å². The number of hydrogen-bond donors (Lipinski definition) is 1. The molecule has 5 rings (SSSR count). The Morgan fingerprint density at radius 2 is 1.58 bits per heavy atom. The molecule has 3 aromatic carbocycles. The van der Waals surface area contributed by atoms with E-state index < -0.39 is 0 Å². The Balaban J connectivity index is 1.16. The number of urea groups is 1. The molecule has 36 heavy (non-hydrogen) atoms. The molecular weight excluding hydrogens is 450 g/mol. The summed E-state index contributed by atoms with van der Waals surface area (Å²) in [6, 6.07) is 21.9. The minimum absolute atomic E-state index is 0.000188. The van der Waals surface area contributed by atoms with Crippen LogP contribution in [-0.2, 0) is 0 Å². The molecule has 188 valence electrons. The molecule has 0 aliphatic carbocycles. The fourth-order valence-corrected chi connectivity index (χ4v) is 5.73. The van der Waals surface area contributed by atoms with Gasteiger partial charge in [-0.15, -0.1) is 0 Å². The average Bonchev–Trinajstić information content (AvgIpc) is 3.32. The number of nitrogens with one attached hydrogen (secondary N) is 1. The Hall–Kier alpha value is -3.54. The first-order valence-corrected chi connectivity index (χ1v) is 13.0. The molecule has 1 spiro atoms. The molecule has 1 N–H and O–H groups in total. The Labute approximate surface area is 213 Å². The van der Waals surface area contributed by atoms with Crippen LogP contribution in [0.1, 0.15) is 55.1 Å². The zero-order valence-corrected chi connectivity index (χ0v) is 21.2. The Kier molecular flexibility index (Phi) is 6.86. The SMILES string of the molecule is CCOc1ccc(C(=O)N2CCC3(CCN(C(=O)NC(C)c4cccc5ccccc45)C3)CC2)cc1. The van der Waals surface area contributed by atoms with E-state index in [0.29, 0.717) is 12.2 Å². The van der Waals surface area contributed by atoms with Crippen LogP contribution in [0.4, 0.5) is 4.79 Å². The molecule has 6 heteroatoms. The number of nitrogens with zero attached hydrogens (tertiary/aromatic N) is 2. The van der Waals surface area contributed by atoms with Gasteiger partial charge in [0, 0.05) is 31.7 Å². The van der Waals surface area contributed by atoms with E-state index in [1.807, 2.05) is 59.2 Å². The largest absolute Gasteiger partial charge is 0.494 e. The first-order chi connectivity index (χ1) is 17.5. The molecule has 2 aliphatic heterocycles. The smallest absolute Gasteiger partial charge is 0.317 e. The highest BCUT2D eigenvalue weighted by molar-refractivity contribution is 5.94. The number of carbonyl (C=O) groups excluding carboxylic acids is 2. The zero-order chi connectivity index (χ0) is 25.1. The molecule has 0 bridgehead atoms. The summed E-state index contributed by atoms with van der Waals surface area (Å²) in [4.78, 5) is 30.1. The number of fused-ring (bicyclic) bond motifs is 1. The van der Waals surface area contributed by atoms with E-state index in [1.165, 1.54) is 10.8 Å². The van der Waals surface area contributed by atoms with Gasteiger partial charge in [-0.2, -0.15) is 0 Å². The van der Waals surface area contributed by atoms with Crippen LogP contribution in [0.5, 0.6) is 5.75 Å². The zero-order valence-electron chi connectivity index (χ0n) is 21.2. The van der Waals surface area contributed by atoms with E-state index in [2.05, 4.69) is 36.5 Å². The van der Waals surface area contributed by atoms with Gasteiger partial charge < -0.3 is 19.9 Å². The lowest BCUT2D eigenvalue weighted by molar-refractivity contribution is 0.0593. The van der Waals surface area contributed by atoms with Gasteiger partial charge in [-0.25, -0.2) is 4.79 Å². The van der Waals surface area contributed by atoms with Crippen molar-refractivity contribution in [3.05, 3.63) is 77.9 Å². The van der Waals surface area contributed by atoms with Crippen LogP contribution in [0.25, 0.3) is 10.8 Å². The molecule has 2 aliphatic rings. The summed E-state index contributed by atoms with van der Waals surface area (Å²) in [7, 11) is 0. The summed E-state index contributed by atoms with van der Waals surface area (Å²) in [5.41, 5.74) is 1.94. The van der Waals surface area contributed by atoms with E-state index in [9.17, 15) is 9.59 Å². The molecule has 0 radical (unpaired) electrons. The second-order valence-electron chi connectivity index (χ2n) is 10.2. The number of piperidine rings is 1. The predicted octanol–water partition coefficient (Wildman–Crippen LogP) is 5.64. The van der Waals surface area contributed by atoms with Gasteiger partial charge >= 0.3 is 6.03 Å². The van der Waals surface area contributed by atoms with E-state index in [0.717, 1.165) is 56.8 Å². The maximum absolute atomic E-state index is 13.2. The monoisotopic (exact) mass is 485 g/mol. The summed E-state index contributed by atoms with van der Waals surface area (Å²) in [5, 5.41) is 5.59. The van der Waals surface area contributed by atoms with Crippen molar-refractivity contribution < 1.29 is 14.3 Å². The highest BCUT2D eigenvalue weighted by atomic mass is 16.5. The van der Waals surface area contributed by atoms with Gasteiger partial charge in [0.15, 0.2) is 0 Å². The van der Waals surface area contributed by atoms with Crippen molar-refractivity contribution in [3.63, 3.8) is 0 Å². The quantitative estimate of drug-likeness (QED) is 0.509. The van der Waals surface area contributed by atoms with Crippen molar-refractivity contribution in [2.75, 3.05) is 32.8 Å². The van der Waals surface area contributed by atoms with E-state index in [1.54, 1.807) is 0 Å². The van der Waals surface area contributed by atoms with Crippen molar-refractivity contribution in [3.8, 4) is 5.75 Å².